The molecule has 0 unspecified atom stereocenters. The molecule has 0 N–H and O–H groups in total. The molecule has 4 nitrogen and oxygen atoms in total. The third kappa shape index (κ3) is 1.55. The molecule has 2 saturated heterocycles. The van der Waals surface area contributed by atoms with Gasteiger partial charge >= 0.3 is 5.97 Å². The van der Waals surface area contributed by atoms with Crippen LogP contribution < -0.4 is 0 Å². The molecular weight excluding hydrogens is 230 g/mol. The van der Waals surface area contributed by atoms with Gasteiger partial charge in [-0.25, -0.2) is 0 Å². The number of likely N-dealkylation sites (tertiary alicyclic amines) is 1. The van der Waals surface area contributed by atoms with E-state index in [0.29, 0.717) is 5.92 Å². The summed E-state index contributed by atoms with van der Waals surface area (Å²) in [6, 6.07) is 0. The third-order valence-corrected chi connectivity index (χ3v) is 5.50. The molecule has 102 valence electrons. The van der Waals surface area contributed by atoms with Crippen molar-refractivity contribution >= 4 is 5.97 Å². The highest BCUT2D eigenvalue weighted by atomic mass is 16.5. The highest BCUT2D eigenvalue weighted by molar-refractivity contribution is 5.81. The molecule has 1 aliphatic carbocycles. The van der Waals surface area contributed by atoms with Crippen LogP contribution in [0.1, 0.15) is 25.7 Å². The molecule has 2 aliphatic heterocycles. The first-order chi connectivity index (χ1) is 8.64. The summed E-state index contributed by atoms with van der Waals surface area (Å²) in [5, 5.41) is 0. The van der Waals surface area contributed by atoms with Crippen LogP contribution in [0.2, 0.25) is 0 Å². The molecule has 0 radical (unpaired) electrons. The average molecular weight is 253 g/mol. The number of hydrogen-bond donors (Lipinski definition) is 0. The van der Waals surface area contributed by atoms with Crippen LogP contribution in [0.4, 0.5) is 0 Å². The molecule has 2 heterocycles. The van der Waals surface area contributed by atoms with Crippen LogP contribution >= 0.6 is 0 Å². The molecule has 0 bridgehead atoms. The van der Waals surface area contributed by atoms with Gasteiger partial charge in [0.1, 0.15) is 0 Å². The van der Waals surface area contributed by atoms with E-state index in [4.69, 9.17) is 9.47 Å². The number of nitrogens with zero attached hydrogens (tertiary/aromatic N) is 1. The summed E-state index contributed by atoms with van der Waals surface area (Å²) in [6.45, 7) is 3.81. The van der Waals surface area contributed by atoms with Crippen LogP contribution in [0.25, 0.3) is 0 Å². The SMILES string of the molecule is COC(=O)C1(C2(C3CCN(C)CC3)COC2)CC1. The lowest BCUT2D eigenvalue weighted by atomic mass is 9.60. The van der Waals surface area contributed by atoms with Crippen molar-refractivity contribution in [3.8, 4) is 0 Å². The topological polar surface area (TPSA) is 38.8 Å². The van der Waals surface area contributed by atoms with E-state index in [1.165, 1.54) is 20.0 Å². The normalized spacial score (nSPS) is 30.6. The standard InChI is InChI=1S/C14H23NO3/c1-15-7-3-11(4-8-15)14(9-18-10-14)13(5-6-13)12(16)17-2/h11H,3-10H2,1-2H3. The second-order valence-electron chi connectivity index (χ2n) is 6.30. The molecule has 0 aromatic rings. The maximum absolute atomic E-state index is 12.2. The van der Waals surface area contributed by atoms with Gasteiger partial charge in [0.2, 0.25) is 0 Å². The van der Waals surface area contributed by atoms with E-state index in [-0.39, 0.29) is 16.8 Å². The van der Waals surface area contributed by atoms with Crippen molar-refractivity contribution in [1.29, 1.82) is 0 Å². The number of carbonyl (C=O) groups excluding carboxylic acids is 1. The summed E-state index contributed by atoms with van der Waals surface area (Å²) in [6.07, 6.45) is 4.38. The fourth-order valence-corrected chi connectivity index (χ4v) is 4.01. The first kappa shape index (κ1) is 12.4. The number of ether oxygens (including phenoxy) is 2. The highest BCUT2D eigenvalue weighted by Gasteiger charge is 2.70. The van der Waals surface area contributed by atoms with Gasteiger partial charge in [0.15, 0.2) is 0 Å². The minimum Gasteiger partial charge on any atom is -0.469 e. The zero-order valence-corrected chi connectivity index (χ0v) is 11.4. The minimum absolute atomic E-state index is 0.00438. The summed E-state index contributed by atoms with van der Waals surface area (Å²) in [5.41, 5.74) is -0.123. The van der Waals surface area contributed by atoms with E-state index in [2.05, 4.69) is 11.9 Å². The molecule has 0 aromatic carbocycles. The minimum atomic E-state index is -0.208. The summed E-state index contributed by atoms with van der Waals surface area (Å²) < 4.78 is 10.6. The lowest BCUT2D eigenvalue weighted by Crippen LogP contribution is -2.59. The average Bonchev–Trinajstić information content (AvgIpc) is 3.11. The maximum Gasteiger partial charge on any atom is 0.312 e. The molecule has 3 aliphatic rings. The quantitative estimate of drug-likeness (QED) is 0.711. The van der Waals surface area contributed by atoms with Gasteiger partial charge in [0.25, 0.3) is 0 Å². The Kier molecular flexibility index (Phi) is 2.90. The zero-order valence-electron chi connectivity index (χ0n) is 11.4. The van der Waals surface area contributed by atoms with Crippen molar-refractivity contribution < 1.29 is 14.3 Å². The Morgan fingerprint density at radius 2 is 1.89 bits per heavy atom. The van der Waals surface area contributed by atoms with Gasteiger partial charge in [-0.15, -0.1) is 0 Å². The van der Waals surface area contributed by atoms with E-state index < -0.39 is 0 Å². The van der Waals surface area contributed by atoms with Gasteiger partial charge in [-0.2, -0.15) is 0 Å². The van der Waals surface area contributed by atoms with Crippen molar-refractivity contribution in [2.75, 3.05) is 40.5 Å². The second kappa shape index (κ2) is 4.20. The highest BCUT2D eigenvalue weighted by Crippen LogP contribution is 2.66. The first-order valence-corrected chi connectivity index (χ1v) is 6.99. The van der Waals surface area contributed by atoms with Gasteiger partial charge in [0.05, 0.1) is 25.7 Å². The Bertz CT molecular complexity index is 339. The Morgan fingerprint density at radius 1 is 1.28 bits per heavy atom. The van der Waals surface area contributed by atoms with Crippen molar-refractivity contribution in [3.63, 3.8) is 0 Å². The fourth-order valence-electron chi connectivity index (χ4n) is 4.01. The molecule has 0 amide bonds. The zero-order chi connectivity index (χ0) is 12.8. The molecule has 3 fully saturated rings. The molecule has 18 heavy (non-hydrogen) atoms. The number of hydrogen-bond acceptors (Lipinski definition) is 4. The van der Waals surface area contributed by atoms with E-state index in [1.807, 2.05) is 0 Å². The Labute approximate surface area is 109 Å². The maximum atomic E-state index is 12.2. The van der Waals surface area contributed by atoms with E-state index in [1.54, 1.807) is 0 Å². The number of rotatable bonds is 3. The van der Waals surface area contributed by atoms with E-state index in [9.17, 15) is 4.79 Å². The summed E-state index contributed by atoms with van der Waals surface area (Å²) >= 11 is 0. The second-order valence-corrected chi connectivity index (χ2v) is 6.30. The van der Waals surface area contributed by atoms with Gasteiger partial charge in [-0.05, 0) is 51.7 Å². The number of piperidine rings is 1. The van der Waals surface area contributed by atoms with Crippen molar-refractivity contribution in [2.45, 2.75) is 25.7 Å². The van der Waals surface area contributed by atoms with Crippen LogP contribution in [-0.4, -0.2) is 51.3 Å². The van der Waals surface area contributed by atoms with Crippen molar-refractivity contribution in [1.82, 2.24) is 4.90 Å². The Morgan fingerprint density at radius 3 is 2.28 bits per heavy atom. The van der Waals surface area contributed by atoms with Crippen molar-refractivity contribution in [3.05, 3.63) is 0 Å². The molecule has 0 aromatic heterocycles. The molecular formula is C14H23NO3. The van der Waals surface area contributed by atoms with Crippen LogP contribution in [0, 0.1) is 16.7 Å². The van der Waals surface area contributed by atoms with Crippen molar-refractivity contribution in [2.24, 2.45) is 16.7 Å². The van der Waals surface area contributed by atoms with Crippen LogP contribution in [0.15, 0.2) is 0 Å². The lowest BCUT2D eigenvalue weighted by Gasteiger charge is -2.53. The van der Waals surface area contributed by atoms with Crippen LogP contribution in [-0.2, 0) is 14.3 Å². The van der Waals surface area contributed by atoms with Crippen LogP contribution in [0.3, 0.4) is 0 Å². The molecule has 4 heteroatoms. The van der Waals surface area contributed by atoms with E-state index in [0.717, 1.165) is 39.1 Å². The summed E-state index contributed by atoms with van der Waals surface area (Å²) in [7, 11) is 3.69. The summed E-state index contributed by atoms with van der Waals surface area (Å²) in [5.74, 6) is 0.633. The predicted octanol–water partition coefficient (Wildman–Crippen LogP) is 1.30. The molecule has 3 rings (SSSR count). The number of methoxy groups -OCH3 is 1. The largest absolute Gasteiger partial charge is 0.469 e. The van der Waals surface area contributed by atoms with Gasteiger partial charge in [-0.1, -0.05) is 0 Å². The summed E-state index contributed by atoms with van der Waals surface area (Å²) in [4.78, 5) is 14.5. The van der Waals surface area contributed by atoms with E-state index >= 15 is 0 Å². The lowest BCUT2D eigenvalue weighted by molar-refractivity contribution is -0.208. The predicted molar refractivity (Wildman–Crippen MR) is 67.2 cm³/mol. The monoisotopic (exact) mass is 253 g/mol. The Hall–Kier alpha value is -0.610. The third-order valence-electron chi connectivity index (χ3n) is 5.50. The van der Waals surface area contributed by atoms with Gasteiger partial charge in [0, 0.05) is 5.41 Å². The number of esters is 1. The smallest absolute Gasteiger partial charge is 0.312 e. The fraction of sp³-hybridized carbons (Fsp3) is 0.929. The molecule has 0 atom stereocenters. The first-order valence-electron chi connectivity index (χ1n) is 6.99. The van der Waals surface area contributed by atoms with Gasteiger partial charge < -0.3 is 14.4 Å². The Balaban J connectivity index is 1.80. The van der Waals surface area contributed by atoms with Crippen LogP contribution in [0.5, 0.6) is 0 Å². The number of carbonyl (C=O) groups is 1. The molecule has 1 saturated carbocycles. The van der Waals surface area contributed by atoms with Gasteiger partial charge in [-0.3, -0.25) is 4.79 Å². The molecule has 0 spiro atoms.